The molecular weight excluding hydrogens is 448 g/mol. The Hall–Kier alpha value is -3.65. The predicted molar refractivity (Wildman–Crippen MR) is 164 cm³/mol. The van der Waals surface area contributed by atoms with Crippen molar-refractivity contribution in [3.8, 4) is 0 Å². The van der Waals surface area contributed by atoms with E-state index in [2.05, 4.69) is 106 Å². The summed E-state index contributed by atoms with van der Waals surface area (Å²) >= 11 is 0. The third kappa shape index (κ3) is 5.69. The summed E-state index contributed by atoms with van der Waals surface area (Å²) in [4.78, 5) is 4.99. The number of benzene rings is 3. The van der Waals surface area contributed by atoms with Gasteiger partial charge in [0.05, 0.1) is 6.54 Å². The Balaban J connectivity index is 1.82. The van der Waals surface area contributed by atoms with Gasteiger partial charge in [-0.1, -0.05) is 80.6 Å². The molecule has 1 aromatic heterocycles. The molecule has 0 spiro atoms. The highest BCUT2D eigenvalue weighted by molar-refractivity contribution is 6.12. The zero-order valence-electron chi connectivity index (χ0n) is 23.0. The Morgan fingerprint density at radius 1 is 0.811 bits per heavy atom. The van der Waals surface area contributed by atoms with Crippen LogP contribution in [0.25, 0.3) is 27.4 Å². The van der Waals surface area contributed by atoms with E-state index in [0.717, 1.165) is 54.6 Å². The normalized spacial score (nSPS) is 11.8. The quantitative estimate of drug-likeness (QED) is 0.148. The molecule has 0 N–H and O–H groups in total. The maximum Gasteiger partial charge on any atom is 0.0597 e. The number of rotatable bonds is 11. The molecule has 2 heteroatoms. The van der Waals surface area contributed by atoms with Crippen molar-refractivity contribution >= 4 is 33.1 Å². The van der Waals surface area contributed by atoms with Gasteiger partial charge in [0.25, 0.3) is 0 Å². The highest BCUT2D eigenvalue weighted by Crippen LogP contribution is 2.34. The van der Waals surface area contributed by atoms with E-state index in [-0.39, 0.29) is 0 Å². The fourth-order valence-corrected chi connectivity index (χ4v) is 5.20. The van der Waals surface area contributed by atoms with Crippen LogP contribution in [-0.2, 0) is 6.54 Å². The van der Waals surface area contributed by atoms with E-state index >= 15 is 0 Å². The van der Waals surface area contributed by atoms with Crippen molar-refractivity contribution in [1.82, 2.24) is 4.57 Å². The van der Waals surface area contributed by atoms with Gasteiger partial charge in [0.1, 0.15) is 0 Å². The minimum atomic E-state index is 0.657. The Kier molecular flexibility index (Phi) is 8.28. The summed E-state index contributed by atoms with van der Waals surface area (Å²) < 4.78 is 2.41. The molecule has 0 amide bonds. The number of aliphatic imine (C=N–C) groups is 1. The van der Waals surface area contributed by atoms with E-state index in [0.29, 0.717) is 6.54 Å². The molecule has 0 aliphatic rings. The third-order valence-corrected chi connectivity index (χ3v) is 7.19. The zero-order valence-corrected chi connectivity index (χ0v) is 23.0. The first-order valence-corrected chi connectivity index (χ1v) is 13.5. The van der Waals surface area contributed by atoms with Gasteiger partial charge in [0.2, 0.25) is 0 Å². The molecule has 3 aromatic carbocycles. The van der Waals surface area contributed by atoms with Crippen LogP contribution in [0.15, 0.2) is 96.5 Å². The molecule has 0 saturated carbocycles. The summed E-state index contributed by atoms with van der Waals surface area (Å²) in [6.45, 7) is 23.0. The molecular formula is C35H40N2. The van der Waals surface area contributed by atoms with Crippen molar-refractivity contribution in [1.29, 1.82) is 0 Å². The molecule has 4 aromatic rings. The predicted octanol–water partition coefficient (Wildman–Crippen LogP) is 9.69. The number of aromatic nitrogens is 1. The summed E-state index contributed by atoms with van der Waals surface area (Å²) in [5.74, 6) is 0. The van der Waals surface area contributed by atoms with Crippen LogP contribution in [0.1, 0.15) is 68.7 Å². The van der Waals surface area contributed by atoms with Crippen LogP contribution in [0.2, 0.25) is 0 Å². The number of hydrogen-bond acceptors (Lipinski definition) is 1. The first-order chi connectivity index (χ1) is 17.8. The van der Waals surface area contributed by atoms with Gasteiger partial charge in [0, 0.05) is 34.1 Å². The first-order valence-electron chi connectivity index (χ1n) is 13.5. The Morgan fingerprint density at radius 3 is 2.08 bits per heavy atom. The molecule has 0 unspecified atom stereocenters. The van der Waals surface area contributed by atoms with Crippen LogP contribution in [0, 0.1) is 6.92 Å². The summed E-state index contributed by atoms with van der Waals surface area (Å²) in [5, 5.41) is 2.53. The van der Waals surface area contributed by atoms with Crippen molar-refractivity contribution in [2.24, 2.45) is 4.99 Å². The van der Waals surface area contributed by atoms with Crippen molar-refractivity contribution in [3.05, 3.63) is 114 Å². The van der Waals surface area contributed by atoms with E-state index in [1.54, 1.807) is 0 Å². The lowest BCUT2D eigenvalue weighted by molar-refractivity contribution is 0.827. The van der Waals surface area contributed by atoms with Crippen molar-refractivity contribution in [2.45, 2.75) is 59.9 Å². The zero-order chi connectivity index (χ0) is 26.5. The molecule has 0 bridgehead atoms. The second-order valence-electron chi connectivity index (χ2n) is 10.2. The molecule has 0 atom stereocenters. The van der Waals surface area contributed by atoms with Gasteiger partial charge in [-0.2, -0.15) is 0 Å². The number of fused-ring (bicyclic) bond motifs is 3. The van der Waals surface area contributed by atoms with Gasteiger partial charge in [-0.3, -0.25) is 4.99 Å². The highest BCUT2D eigenvalue weighted by atomic mass is 15.0. The molecule has 0 radical (unpaired) electrons. The third-order valence-electron chi connectivity index (χ3n) is 7.19. The second kappa shape index (κ2) is 11.6. The average molecular weight is 489 g/mol. The van der Waals surface area contributed by atoms with Crippen LogP contribution in [0.5, 0.6) is 0 Å². The first kappa shape index (κ1) is 26.4. The van der Waals surface area contributed by atoms with Crippen LogP contribution in [0.4, 0.5) is 0 Å². The van der Waals surface area contributed by atoms with Crippen molar-refractivity contribution < 1.29 is 0 Å². The molecule has 2 nitrogen and oxygen atoms in total. The lowest BCUT2D eigenvalue weighted by Gasteiger charge is -2.11. The molecule has 0 aliphatic heterocycles. The number of allylic oxidation sites excluding steroid dienone is 1. The minimum Gasteiger partial charge on any atom is -0.341 e. The van der Waals surface area contributed by atoms with E-state index in [1.807, 2.05) is 6.92 Å². The summed E-state index contributed by atoms with van der Waals surface area (Å²) in [7, 11) is 0. The van der Waals surface area contributed by atoms with Crippen LogP contribution < -0.4 is 0 Å². The number of nitrogens with zero attached hydrogens (tertiary/aromatic N) is 2. The number of aryl methyl sites for hydroxylation is 2. The molecule has 0 saturated heterocycles. The van der Waals surface area contributed by atoms with E-state index in [4.69, 9.17) is 4.99 Å². The lowest BCUT2D eigenvalue weighted by atomic mass is 9.94. The molecule has 37 heavy (non-hydrogen) atoms. The smallest absolute Gasteiger partial charge is 0.0597 e. The Bertz CT molecular complexity index is 1510. The summed E-state index contributed by atoms with van der Waals surface area (Å²) in [6.07, 6.45) is 4.08. The van der Waals surface area contributed by atoms with Gasteiger partial charge in [-0.15, -0.1) is 0 Å². The van der Waals surface area contributed by atoms with Crippen LogP contribution in [0.3, 0.4) is 0 Å². The highest BCUT2D eigenvalue weighted by Gasteiger charge is 2.15. The second-order valence-corrected chi connectivity index (χ2v) is 10.2. The fourth-order valence-electron chi connectivity index (χ4n) is 5.20. The Labute approximate surface area is 222 Å². The van der Waals surface area contributed by atoms with Gasteiger partial charge >= 0.3 is 0 Å². The topological polar surface area (TPSA) is 17.3 Å². The van der Waals surface area contributed by atoms with E-state index < -0.39 is 0 Å². The van der Waals surface area contributed by atoms with Gasteiger partial charge in [-0.25, -0.2) is 0 Å². The van der Waals surface area contributed by atoms with E-state index in [9.17, 15) is 0 Å². The van der Waals surface area contributed by atoms with Crippen LogP contribution >= 0.6 is 0 Å². The Morgan fingerprint density at radius 2 is 1.46 bits per heavy atom. The van der Waals surface area contributed by atoms with Crippen molar-refractivity contribution in [2.75, 3.05) is 6.54 Å². The lowest BCUT2D eigenvalue weighted by Crippen LogP contribution is -2.04. The van der Waals surface area contributed by atoms with Crippen LogP contribution in [-0.4, -0.2) is 16.8 Å². The monoisotopic (exact) mass is 488 g/mol. The van der Waals surface area contributed by atoms with Crippen molar-refractivity contribution in [3.63, 3.8) is 0 Å². The standard InChI is InChI=1S/C35H40N2/c1-8-12-25(5)15-18-33(36-23-24(3)4)29-17-20-35-32(22-29)31-21-28(16-19-34(31)37(35)9-2)27(7)30-14-11-10-13-26(30)6/h10-11,13-14,16-17,19-22H,3,5,7-9,12,15,18,23H2,1-2,4,6H3. The van der Waals surface area contributed by atoms with Gasteiger partial charge < -0.3 is 4.57 Å². The maximum atomic E-state index is 4.99. The van der Waals surface area contributed by atoms with Gasteiger partial charge in [-0.05, 0) is 92.1 Å². The van der Waals surface area contributed by atoms with Gasteiger partial charge in [0.15, 0.2) is 0 Å². The molecule has 0 fully saturated rings. The summed E-state index contributed by atoms with van der Waals surface area (Å²) in [6, 6.07) is 22.1. The fraction of sp³-hybridized carbons (Fsp3) is 0.286. The van der Waals surface area contributed by atoms with E-state index in [1.165, 1.54) is 44.1 Å². The largest absolute Gasteiger partial charge is 0.341 e. The summed E-state index contributed by atoms with van der Waals surface area (Å²) in [5.41, 5.74) is 11.9. The molecule has 0 aliphatic carbocycles. The maximum absolute atomic E-state index is 4.99. The molecule has 4 rings (SSSR count). The SMILES string of the molecule is C=C(C)CN=C(CCC(=C)CCC)c1ccc2c(c1)c1cc(C(=C)c3ccccc3C)ccc1n2CC. The molecule has 1 heterocycles. The number of hydrogen-bond donors (Lipinski definition) is 0. The average Bonchev–Trinajstić information content (AvgIpc) is 3.20. The minimum absolute atomic E-state index is 0.657. The molecule has 190 valence electrons.